The van der Waals surface area contributed by atoms with Gasteiger partial charge in [-0.25, -0.2) is 0 Å². The van der Waals surface area contributed by atoms with Crippen molar-refractivity contribution in [3.8, 4) is 22.9 Å². The minimum Gasteiger partial charge on any atom is -0.461 e. The number of halogens is 1. The van der Waals surface area contributed by atoms with Gasteiger partial charge in [-0.05, 0) is 36.4 Å². The number of rotatable bonds is 3. The van der Waals surface area contributed by atoms with Gasteiger partial charge in [0.25, 0.3) is 5.56 Å². The van der Waals surface area contributed by atoms with Crippen LogP contribution in [0.15, 0.2) is 68.4 Å². The van der Waals surface area contributed by atoms with Gasteiger partial charge < -0.3 is 8.83 Å². The predicted molar refractivity (Wildman–Crippen MR) is 103 cm³/mol. The van der Waals surface area contributed by atoms with Gasteiger partial charge in [0.1, 0.15) is 16.1 Å². The summed E-state index contributed by atoms with van der Waals surface area (Å²) in [6.07, 6.45) is 3.22. The maximum absolute atomic E-state index is 12.6. The second-order valence-corrected chi connectivity index (χ2v) is 7.18. The van der Waals surface area contributed by atoms with Crippen LogP contribution in [0.2, 0.25) is 5.02 Å². The Hall–Kier alpha value is -3.16. The number of thiazole rings is 1. The van der Waals surface area contributed by atoms with Crippen LogP contribution in [0.3, 0.4) is 0 Å². The van der Waals surface area contributed by atoms with Crippen LogP contribution in [0.25, 0.3) is 33.9 Å². The van der Waals surface area contributed by atoms with Gasteiger partial charge in [0, 0.05) is 16.7 Å². The van der Waals surface area contributed by atoms with E-state index in [0.717, 1.165) is 5.56 Å². The van der Waals surface area contributed by atoms with Gasteiger partial charge in [-0.2, -0.15) is 9.50 Å². The maximum atomic E-state index is 12.6. The Kier molecular flexibility index (Phi) is 3.70. The molecular weight excluding hydrogens is 386 g/mol. The number of benzene rings is 1. The van der Waals surface area contributed by atoms with Crippen LogP contribution in [0.1, 0.15) is 5.76 Å². The highest BCUT2D eigenvalue weighted by molar-refractivity contribution is 7.15. The van der Waals surface area contributed by atoms with Crippen LogP contribution in [0.4, 0.5) is 0 Å². The first-order chi connectivity index (χ1) is 13.2. The zero-order valence-electron chi connectivity index (χ0n) is 13.6. The molecule has 0 aliphatic carbocycles. The predicted octanol–water partition coefficient (Wildman–Crippen LogP) is 3.87. The van der Waals surface area contributed by atoms with Crippen LogP contribution in [-0.4, -0.2) is 14.6 Å². The molecule has 5 rings (SSSR count). The van der Waals surface area contributed by atoms with Crippen molar-refractivity contribution in [2.24, 2.45) is 0 Å². The van der Waals surface area contributed by atoms with E-state index in [2.05, 4.69) is 10.1 Å². The normalized spacial score (nSPS) is 12.3. The third kappa shape index (κ3) is 2.87. The van der Waals surface area contributed by atoms with E-state index in [0.29, 0.717) is 37.6 Å². The average molecular weight is 396 g/mol. The fraction of sp³-hybridized carbons (Fsp3) is 0. The van der Waals surface area contributed by atoms with Crippen LogP contribution in [0, 0.1) is 0 Å². The van der Waals surface area contributed by atoms with E-state index in [9.17, 15) is 4.79 Å². The molecule has 0 aliphatic rings. The highest BCUT2D eigenvalue weighted by Crippen LogP contribution is 2.25. The Bertz CT molecular complexity index is 1370. The molecule has 0 unspecified atom stereocenters. The van der Waals surface area contributed by atoms with Gasteiger partial charge in [-0.1, -0.05) is 35.1 Å². The van der Waals surface area contributed by atoms with Crippen molar-refractivity contribution in [2.45, 2.75) is 0 Å². The maximum Gasteiger partial charge on any atom is 0.291 e. The monoisotopic (exact) mass is 395 g/mol. The molecule has 6 nitrogen and oxygen atoms in total. The van der Waals surface area contributed by atoms with Gasteiger partial charge in [0.15, 0.2) is 5.76 Å². The minimum absolute atomic E-state index is 0.249. The molecule has 27 heavy (non-hydrogen) atoms. The second-order valence-electron chi connectivity index (χ2n) is 5.74. The lowest BCUT2D eigenvalue weighted by atomic mass is 10.2. The highest BCUT2D eigenvalue weighted by Gasteiger charge is 2.14. The first-order valence-corrected chi connectivity index (χ1v) is 9.18. The van der Waals surface area contributed by atoms with E-state index in [1.807, 2.05) is 24.3 Å². The summed E-state index contributed by atoms with van der Waals surface area (Å²) in [4.78, 5) is 17.4. The van der Waals surface area contributed by atoms with Crippen molar-refractivity contribution in [3.05, 3.63) is 80.5 Å². The quantitative estimate of drug-likeness (QED) is 0.463. The van der Waals surface area contributed by atoms with E-state index in [1.165, 1.54) is 22.1 Å². The summed E-state index contributed by atoms with van der Waals surface area (Å²) in [6.45, 7) is 0. The van der Waals surface area contributed by atoms with Gasteiger partial charge in [0.05, 0.1) is 6.26 Å². The van der Waals surface area contributed by atoms with Gasteiger partial charge in [-0.15, -0.1) is 5.10 Å². The molecule has 0 bridgehead atoms. The van der Waals surface area contributed by atoms with Crippen molar-refractivity contribution >= 4 is 34.0 Å². The number of furan rings is 2. The third-order valence-electron chi connectivity index (χ3n) is 3.93. The molecule has 0 aliphatic heterocycles. The molecule has 0 spiro atoms. The Labute approximate surface area is 160 Å². The molecule has 0 atom stereocenters. The van der Waals surface area contributed by atoms with Crippen molar-refractivity contribution < 1.29 is 8.83 Å². The molecule has 0 radical (unpaired) electrons. The summed E-state index contributed by atoms with van der Waals surface area (Å²) in [5, 5.41) is 4.86. The molecule has 0 amide bonds. The molecule has 4 heterocycles. The standard InChI is InChI=1S/C19H10ClN3O3S/c20-12-4-1-3-11(9-12)14-7-6-13(26-14)10-16-18(24)23-19(27-16)21-17(22-23)15-5-2-8-25-15/h1-10H/b16-10-. The van der Waals surface area contributed by atoms with Crippen LogP contribution >= 0.6 is 22.9 Å². The Morgan fingerprint density at radius 2 is 2.04 bits per heavy atom. The molecular formula is C19H10ClN3O3S. The molecule has 0 saturated heterocycles. The highest BCUT2D eigenvalue weighted by atomic mass is 35.5. The van der Waals surface area contributed by atoms with Crippen molar-refractivity contribution in [3.63, 3.8) is 0 Å². The van der Waals surface area contributed by atoms with Crippen molar-refractivity contribution in [1.82, 2.24) is 14.6 Å². The molecule has 0 N–H and O–H groups in total. The molecule has 1 aromatic carbocycles. The van der Waals surface area contributed by atoms with Crippen LogP contribution in [0.5, 0.6) is 0 Å². The van der Waals surface area contributed by atoms with Crippen LogP contribution in [-0.2, 0) is 0 Å². The zero-order valence-corrected chi connectivity index (χ0v) is 15.2. The zero-order chi connectivity index (χ0) is 18.4. The van der Waals surface area contributed by atoms with Gasteiger partial charge in [-0.3, -0.25) is 4.79 Å². The summed E-state index contributed by atoms with van der Waals surface area (Å²) in [5.74, 6) is 2.15. The molecule has 4 aromatic heterocycles. The Morgan fingerprint density at radius 1 is 1.11 bits per heavy atom. The molecule has 0 fully saturated rings. The summed E-state index contributed by atoms with van der Waals surface area (Å²) in [6, 6.07) is 14.5. The second kappa shape index (κ2) is 6.22. The average Bonchev–Trinajstić information content (AvgIpc) is 3.42. The van der Waals surface area contributed by atoms with Crippen LogP contribution < -0.4 is 10.1 Å². The first-order valence-electron chi connectivity index (χ1n) is 7.98. The topological polar surface area (TPSA) is 73.5 Å². The summed E-state index contributed by atoms with van der Waals surface area (Å²) < 4.78 is 12.9. The SMILES string of the molecule is O=c1/c(=C/c2ccc(-c3cccc(Cl)c3)o2)sc2nc(-c3ccco3)nn12. The van der Waals surface area contributed by atoms with E-state index in [1.54, 1.807) is 30.3 Å². The number of nitrogens with zero attached hydrogens (tertiary/aromatic N) is 3. The smallest absolute Gasteiger partial charge is 0.291 e. The Morgan fingerprint density at radius 3 is 2.81 bits per heavy atom. The van der Waals surface area contributed by atoms with E-state index in [-0.39, 0.29) is 5.56 Å². The van der Waals surface area contributed by atoms with E-state index in [4.69, 9.17) is 20.4 Å². The first kappa shape index (κ1) is 16.0. The number of fused-ring (bicyclic) bond motifs is 1. The fourth-order valence-electron chi connectivity index (χ4n) is 2.70. The molecule has 8 heteroatoms. The lowest BCUT2D eigenvalue weighted by molar-refractivity contribution is 0.571. The number of hydrogen-bond donors (Lipinski definition) is 0. The minimum atomic E-state index is -0.249. The molecule has 0 saturated carbocycles. The van der Waals surface area contributed by atoms with Crippen molar-refractivity contribution in [1.29, 1.82) is 0 Å². The van der Waals surface area contributed by atoms with E-state index < -0.39 is 0 Å². The number of hydrogen-bond acceptors (Lipinski definition) is 6. The summed E-state index contributed by atoms with van der Waals surface area (Å²) in [7, 11) is 0. The van der Waals surface area contributed by atoms with Gasteiger partial charge in [0.2, 0.25) is 10.8 Å². The molecule has 5 aromatic rings. The van der Waals surface area contributed by atoms with E-state index >= 15 is 0 Å². The summed E-state index contributed by atoms with van der Waals surface area (Å²) >= 11 is 7.26. The third-order valence-corrected chi connectivity index (χ3v) is 5.13. The molecule has 132 valence electrons. The van der Waals surface area contributed by atoms with Crippen molar-refractivity contribution in [2.75, 3.05) is 0 Å². The lowest BCUT2D eigenvalue weighted by Crippen LogP contribution is -2.23. The summed E-state index contributed by atoms with van der Waals surface area (Å²) in [5.41, 5.74) is 0.622. The number of aromatic nitrogens is 3. The Balaban J connectivity index is 1.54. The van der Waals surface area contributed by atoms with Gasteiger partial charge >= 0.3 is 0 Å². The largest absolute Gasteiger partial charge is 0.461 e. The fourth-order valence-corrected chi connectivity index (χ4v) is 3.78. The lowest BCUT2D eigenvalue weighted by Gasteiger charge is -1.96.